The fourth-order valence-electron chi connectivity index (χ4n) is 2.43. The molecule has 2 N–H and O–H groups in total. The molecule has 0 fully saturated rings. The van der Waals surface area contributed by atoms with Gasteiger partial charge in [0.1, 0.15) is 0 Å². The van der Waals surface area contributed by atoms with Gasteiger partial charge in [-0.2, -0.15) is 0 Å². The second kappa shape index (κ2) is 7.93. The van der Waals surface area contributed by atoms with Crippen molar-refractivity contribution < 1.29 is 9.47 Å². The van der Waals surface area contributed by atoms with Gasteiger partial charge in [0.2, 0.25) is 6.79 Å². The molecule has 1 aliphatic heterocycles. The summed E-state index contributed by atoms with van der Waals surface area (Å²) in [6, 6.07) is 13.8. The summed E-state index contributed by atoms with van der Waals surface area (Å²) in [4.78, 5) is 4.23. The van der Waals surface area contributed by atoms with Crippen molar-refractivity contribution in [1.82, 2.24) is 10.6 Å². The molecule has 0 atom stereocenters. The fourth-order valence-corrected chi connectivity index (χ4v) is 2.56. The molecule has 0 aromatic heterocycles. The summed E-state index contributed by atoms with van der Waals surface area (Å²) in [6.45, 7) is 1.78. The minimum absolute atomic E-state index is 0.304. The van der Waals surface area contributed by atoms with Gasteiger partial charge in [0, 0.05) is 25.2 Å². The van der Waals surface area contributed by atoms with E-state index in [2.05, 4.69) is 21.7 Å². The predicted molar refractivity (Wildman–Crippen MR) is 95.9 cm³/mol. The number of ether oxygens (including phenoxy) is 2. The highest BCUT2D eigenvalue weighted by molar-refractivity contribution is 6.30. The van der Waals surface area contributed by atoms with Gasteiger partial charge in [0.25, 0.3) is 0 Å². The molecule has 5 nitrogen and oxygen atoms in total. The summed E-state index contributed by atoms with van der Waals surface area (Å²) in [5, 5.41) is 7.33. The monoisotopic (exact) mass is 345 g/mol. The van der Waals surface area contributed by atoms with Crippen LogP contribution in [0, 0.1) is 0 Å². The molecule has 1 aliphatic rings. The van der Waals surface area contributed by atoms with Crippen molar-refractivity contribution in [3.63, 3.8) is 0 Å². The highest BCUT2D eigenvalue weighted by Gasteiger charge is 2.12. The van der Waals surface area contributed by atoms with E-state index in [1.165, 1.54) is 5.56 Å². The van der Waals surface area contributed by atoms with Gasteiger partial charge in [-0.05, 0) is 41.8 Å². The third-order valence-corrected chi connectivity index (χ3v) is 3.99. The van der Waals surface area contributed by atoms with Crippen LogP contribution in [-0.4, -0.2) is 26.3 Å². The first kappa shape index (κ1) is 16.5. The van der Waals surface area contributed by atoms with Crippen LogP contribution in [0.1, 0.15) is 11.1 Å². The van der Waals surface area contributed by atoms with Gasteiger partial charge < -0.3 is 20.1 Å². The molecule has 0 bridgehead atoms. The summed E-state index contributed by atoms with van der Waals surface area (Å²) < 4.78 is 10.7. The number of nitrogens with zero attached hydrogens (tertiary/aromatic N) is 1. The summed E-state index contributed by atoms with van der Waals surface area (Å²) in [6.07, 6.45) is 0.873. The van der Waals surface area contributed by atoms with Gasteiger partial charge in [-0.3, -0.25) is 4.99 Å². The van der Waals surface area contributed by atoms with Crippen molar-refractivity contribution >= 4 is 17.6 Å². The van der Waals surface area contributed by atoms with Crippen molar-refractivity contribution in [2.24, 2.45) is 4.99 Å². The number of hydrogen-bond donors (Lipinski definition) is 2. The quantitative estimate of drug-likeness (QED) is 0.646. The lowest BCUT2D eigenvalue weighted by Gasteiger charge is -2.12. The van der Waals surface area contributed by atoms with Gasteiger partial charge in [-0.1, -0.05) is 29.8 Å². The van der Waals surface area contributed by atoms with Gasteiger partial charge in [0.15, 0.2) is 17.5 Å². The van der Waals surface area contributed by atoms with Crippen LogP contribution in [0.4, 0.5) is 0 Å². The molecule has 3 rings (SSSR count). The summed E-state index contributed by atoms with van der Waals surface area (Å²) in [7, 11) is 1.76. The molecule has 0 unspecified atom stereocenters. The number of fused-ring (bicyclic) bond motifs is 1. The van der Waals surface area contributed by atoms with Crippen LogP contribution in [0.2, 0.25) is 5.02 Å². The molecular formula is C18H20ClN3O2. The standard InChI is InChI=1S/C18H20ClN3O2/c1-20-18(22-11-14-2-5-15(19)6-3-14)21-9-8-13-4-7-16-17(10-13)24-12-23-16/h2-7,10H,8-9,11-12H2,1H3,(H2,20,21,22). The van der Waals surface area contributed by atoms with Gasteiger partial charge in [0.05, 0.1) is 0 Å². The summed E-state index contributed by atoms with van der Waals surface area (Å²) >= 11 is 5.89. The molecular weight excluding hydrogens is 326 g/mol. The van der Waals surface area contributed by atoms with Gasteiger partial charge in [-0.25, -0.2) is 0 Å². The molecule has 1 heterocycles. The molecule has 0 saturated heterocycles. The largest absolute Gasteiger partial charge is 0.454 e. The van der Waals surface area contributed by atoms with Crippen molar-refractivity contribution in [1.29, 1.82) is 0 Å². The van der Waals surface area contributed by atoms with E-state index in [1.54, 1.807) is 7.05 Å². The highest BCUT2D eigenvalue weighted by atomic mass is 35.5. The van der Waals surface area contributed by atoms with Crippen molar-refractivity contribution in [2.75, 3.05) is 20.4 Å². The Bertz CT molecular complexity index is 717. The zero-order valence-electron chi connectivity index (χ0n) is 13.5. The van der Waals surface area contributed by atoms with Crippen molar-refractivity contribution in [3.05, 3.63) is 58.6 Å². The maximum absolute atomic E-state index is 5.89. The minimum atomic E-state index is 0.304. The van der Waals surface area contributed by atoms with E-state index < -0.39 is 0 Å². The van der Waals surface area contributed by atoms with E-state index in [1.807, 2.05) is 36.4 Å². The Balaban J connectivity index is 1.45. The van der Waals surface area contributed by atoms with Crippen molar-refractivity contribution in [3.8, 4) is 11.5 Å². The third kappa shape index (κ3) is 4.32. The Kier molecular flexibility index (Phi) is 5.43. The summed E-state index contributed by atoms with van der Waals surface area (Å²) in [5.74, 6) is 2.40. The smallest absolute Gasteiger partial charge is 0.231 e. The van der Waals surface area contributed by atoms with E-state index in [-0.39, 0.29) is 0 Å². The van der Waals surface area contributed by atoms with Crippen LogP contribution in [0.3, 0.4) is 0 Å². The zero-order chi connectivity index (χ0) is 16.8. The highest BCUT2D eigenvalue weighted by Crippen LogP contribution is 2.32. The van der Waals surface area contributed by atoms with Crippen LogP contribution >= 0.6 is 11.6 Å². The normalized spacial score (nSPS) is 13.0. The van der Waals surface area contributed by atoms with Crippen LogP contribution in [0.15, 0.2) is 47.5 Å². The molecule has 0 radical (unpaired) electrons. The van der Waals surface area contributed by atoms with Crippen LogP contribution < -0.4 is 20.1 Å². The average Bonchev–Trinajstić information content (AvgIpc) is 3.07. The molecule has 0 saturated carbocycles. The third-order valence-electron chi connectivity index (χ3n) is 3.74. The SMILES string of the molecule is CN=C(NCCc1ccc2c(c1)OCO2)NCc1ccc(Cl)cc1. The number of benzene rings is 2. The van der Waals surface area contributed by atoms with Crippen LogP contribution in [0.25, 0.3) is 0 Å². The maximum atomic E-state index is 5.89. The van der Waals surface area contributed by atoms with Crippen LogP contribution in [0.5, 0.6) is 11.5 Å². The Morgan fingerprint density at radius 3 is 2.58 bits per heavy atom. The second-order valence-corrected chi connectivity index (χ2v) is 5.85. The number of rotatable bonds is 5. The first-order valence-corrected chi connectivity index (χ1v) is 8.20. The van der Waals surface area contributed by atoms with E-state index in [0.717, 1.165) is 41.0 Å². The predicted octanol–water partition coefficient (Wildman–Crippen LogP) is 2.98. The Labute approximate surface area is 146 Å². The molecule has 126 valence electrons. The second-order valence-electron chi connectivity index (χ2n) is 5.42. The number of aliphatic imine (C=N–C) groups is 1. The maximum Gasteiger partial charge on any atom is 0.231 e. The lowest BCUT2D eigenvalue weighted by Crippen LogP contribution is -2.37. The molecule has 0 amide bonds. The molecule has 2 aromatic carbocycles. The van der Waals surface area contributed by atoms with E-state index in [0.29, 0.717) is 13.3 Å². The average molecular weight is 346 g/mol. The molecule has 2 aromatic rings. The lowest BCUT2D eigenvalue weighted by atomic mass is 10.1. The first-order chi connectivity index (χ1) is 11.7. The number of nitrogens with one attached hydrogen (secondary N) is 2. The molecule has 0 aliphatic carbocycles. The number of hydrogen-bond acceptors (Lipinski definition) is 3. The fraction of sp³-hybridized carbons (Fsp3) is 0.278. The Hall–Kier alpha value is -2.40. The zero-order valence-corrected chi connectivity index (χ0v) is 14.3. The molecule has 0 spiro atoms. The lowest BCUT2D eigenvalue weighted by molar-refractivity contribution is 0.174. The Morgan fingerprint density at radius 2 is 1.79 bits per heavy atom. The summed E-state index contributed by atoms with van der Waals surface area (Å²) in [5.41, 5.74) is 2.35. The van der Waals surface area contributed by atoms with E-state index in [9.17, 15) is 0 Å². The van der Waals surface area contributed by atoms with Gasteiger partial charge in [-0.15, -0.1) is 0 Å². The minimum Gasteiger partial charge on any atom is -0.454 e. The van der Waals surface area contributed by atoms with Crippen molar-refractivity contribution in [2.45, 2.75) is 13.0 Å². The molecule has 6 heteroatoms. The van der Waals surface area contributed by atoms with Gasteiger partial charge >= 0.3 is 0 Å². The molecule has 24 heavy (non-hydrogen) atoms. The first-order valence-electron chi connectivity index (χ1n) is 7.82. The number of halogens is 1. The number of guanidine groups is 1. The Morgan fingerprint density at radius 1 is 1.04 bits per heavy atom. The topological polar surface area (TPSA) is 54.9 Å². The van der Waals surface area contributed by atoms with E-state index >= 15 is 0 Å². The van der Waals surface area contributed by atoms with E-state index in [4.69, 9.17) is 21.1 Å². The van der Waals surface area contributed by atoms with Crippen LogP contribution in [-0.2, 0) is 13.0 Å².